The summed E-state index contributed by atoms with van der Waals surface area (Å²) in [6.07, 6.45) is 3.19. The lowest BCUT2D eigenvalue weighted by Crippen LogP contribution is -2.47. The zero-order chi connectivity index (χ0) is 21.9. The first kappa shape index (κ1) is 31.9. The molecule has 0 atom stereocenters. The molecule has 7 nitrogen and oxygen atoms in total. The second-order valence-corrected chi connectivity index (χ2v) is 8.27. The van der Waals surface area contributed by atoms with Gasteiger partial charge in [0.1, 0.15) is 0 Å². The van der Waals surface area contributed by atoms with E-state index < -0.39 is 0 Å². The maximum absolute atomic E-state index is 12.0. The fourth-order valence-corrected chi connectivity index (χ4v) is 3.83. The van der Waals surface area contributed by atoms with Gasteiger partial charge in [-0.15, -0.1) is 24.8 Å². The van der Waals surface area contributed by atoms with E-state index in [1.165, 1.54) is 12.0 Å². The van der Waals surface area contributed by atoms with Gasteiger partial charge in [0.25, 0.3) is 0 Å². The Labute approximate surface area is 219 Å². The summed E-state index contributed by atoms with van der Waals surface area (Å²) in [6, 6.07) is 16.8. The molecular weight excluding hydrogens is 497 g/mol. The molecule has 2 aromatic carbocycles. The Morgan fingerprint density at radius 1 is 0.912 bits per heavy atom. The van der Waals surface area contributed by atoms with Crippen molar-refractivity contribution in [1.29, 1.82) is 5.26 Å². The van der Waals surface area contributed by atoms with E-state index in [0.717, 1.165) is 57.1 Å². The second-order valence-electron chi connectivity index (χ2n) is 7.84. The van der Waals surface area contributed by atoms with Crippen LogP contribution >= 0.6 is 36.4 Å². The lowest BCUT2D eigenvalue weighted by Gasteiger charge is -2.34. The Hall–Kier alpha value is -2.05. The largest absolute Gasteiger partial charge is 0.412 e. The Morgan fingerprint density at radius 2 is 1.47 bits per heavy atom. The van der Waals surface area contributed by atoms with Crippen LogP contribution in [0.1, 0.15) is 24.0 Å². The summed E-state index contributed by atoms with van der Waals surface area (Å²) < 4.78 is 0. The van der Waals surface area contributed by atoms with Crippen molar-refractivity contribution in [1.82, 2.24) is 15.1 Å². The van der Waals surface area contributed by atoms with Crippen molar-refractivity contribution < 1.29 is 10.3 Å². The van der Waals surface area contributed by atoms with Gasteiger partial charge < -0.3 is 25.9 Å². The highest BCUT2D eigenvalue weighted by Gasteiger charge is 2.16. The van der Waals surface area contributed by atoms with Gasteiger partial charge in [-0.1, -0.05) is 23.7 Å². The molecule has 3 rings (SSSR count). The normalized spacial score (nSPS) is 13.4. The van der Waals surface area contributed by atoms with E-state index in [1.807, 2.05) is 12.1 Å². The van der Waals surface area contributed by atoms with E-state index in [-0.39, 0.29) is 36.3 Å². The number of piperazine rings is 1. The van der Waals surface area contributed by atoms with Gasteiger partial charge in [-0.25, -0.2) is 4.79 Å². The average Bonchev–Trinajstić information content (AvgIpc) is 2.79. The fraction of sp³-hybridized carbons (Fsp3) is 0.417. The maximum Gasteiger partial charge on any atom is 0.319 e. The minimum absolute atomic E-state index is 0. The maximum atomic E-state index is 12.0. The van der Waals surface area contributed by atoms with Crippen LogP contribution in [0.2, 0.25) is 5.02 Å². The first-order valence-corrected chi connectivity index (χ1v) is 11.2. The molecule has 10 heteroatoms. The smallest absolute Gasteiger partial charge is 0.319 e. The van der Waals surface area contributed by atoms with Crippen LogP contribution in [-0.4, -0.2) is 67.1 Å². The number of aryl methyl sites for hydroxylation is 1. The SMILES string of the molecule is Cl.Cl.N#Cc1ccc(NC(=O)NCCCN2CCN(CCCc3ccc(Cl)cc3)CC2)cc1.O. The molecule has 0 aromatic heterocycles. The molecule has 0 aliphatic carbocycles. The summed E-state index contributed by atoms with van der Waals surface area (Å²) in [4.78, 5) is 17.0. The van der Waals surface area contributed by atoms with Crippen molar-refractivity contribution in [3.8, 4) is 6.07 Å². The molecule has 34 heavy (non-hydrogen) atoms. The molecule has 1 aliphatic heterocycles. The minimum Gasteiger partial charge on any atom is -0.412 e. The monoisotopic (exact) mass is 529 g/mol. The molecule has 2 aromatic rings. The molecule has 1 saturated heterocycles. The fourth-order valence-electron chi connectivity index (χ4n) is 3.70. The molecule has 188 valence electrons. The van der Waals surface area contributed by atoms with Gasteiger partial charge in [-0.3, -0.25) is 0 Å². The Balaban J connectivity index is 0.00000363. The number of nitrogens with zero attached hydrogens (tertiary/aromatic N) is 3. The number of carbonyl (C=O) groups is 1. The number of halogens is 3. The number of nitriles is 1. The van der Waals surface area contributed by atoms with Crippen molar-refractivity contribution in [2.45, 2.75) is 19.3 Å². The van der Waals surface area contributed by atoms with E-state index in [4.69, 9.17) is 16.9 Å². The number of hydrogen-bond donors (Lipinski definition) is 2. The molecule has 1 heterocycles. The summed E-state index contributed by atoms with van der Waals surface area (Å²) in [5, 5.41) is 15.3. The number of carbonyl (C=O) groups excluding carboxylic acids is 1. The number of benzene rings is 2. The highest BCUT2D eigenvalue weighted by atomic mass is 35.5. The van der Waals surface area contributed by atoms with E-state index in [2.05, 4.69) is 38.6 Å². The first-order valence-electron chi connectivity index (χ1n) is 10.9. The van der Waals surface area contributed by atoms with Gasteiger partial charge >= 0.3 is 6.03 Å². The number of amides is 2. The van der Waals surface area contributed by atoms with Gasteiger partial charge in [0.05, 0.1) is 11.6 Å². The Morgan fingerprint density at radius 3 is 2.03 bits per heavy atom. The van der Waals surface area contributed by atoms with Crippen LogP contribution in [0.15, 0.2) is 48.5 Å². The number of rotatable bonds is 9. The predicted molar refractivity (Wildman–Crippen MR) is 144 cm³/mol. The van der Waals surface area contributed by atoms with Crippen LogP contribution in [0.5, 0.6) is 0 Å². The molecule has 4 N–H and O–H groups in total. The molecule has 0 unspecified atom stereocenters. The highest BCUT2D eigenvalue weighted by molar-refractivity contribution is 6.30. The van der Waals surface area contributed by atoms with Crippen molar-refractivity contribution in [2.75, 3.05) is 51.1 Å². The molecule has 1 fully saturated rings. The van der Waals surface area contributed by atoms with Crippen molar-refractivity contribution in [3.63, 3.8) is 0 Å². The molecule has 2 amide bonds. The van der Waals surface area contributed by atoms with Crippen molar-refractivity contribution >= 4 is 48.1 Å². The van der Waals surface area contributed by atoms with Crippen LogP contribution in [0.25, 0.3) is 0 Å². The molecule has 0 radical (unpaired) electrons. The van der Waals surface area contributed by atoms with Crippen molar-refractivity contribution in [3.05, 3.63) is 64.7 Å². The number of nitrogens with one attached hydrogen (secondary N) is 2. The third-order valence-electron chi connectivity index (χ3n) is 5.53. The predicted octanol–water partition coefficient (Wildman–Crippen LogP) is 3.99. The second kappa shape index (κ2) is 17.4. The third-order valence-corrected chi connectivity index (χ3v) is 5.78. The number of anilines is 1. The topological polar surface area (TPSA) is 103 Å². The Kier molecular flexibility index (Phi) is 16.3. The van der Waals surface area contributed by atoms with Crippen LogP contribution in [0, 0.1) is 11.3 Å². The number of urea groups is 1. The van der Waals surface area contributed by atoms with Crippen LogP contribution in [-0.2, 0) is 6.42 Å². The van der Waals surface area contributed by atoms with Gasteiger partial charge in [-0.05, 0) is 74.3 Å². The zero-order valence-electron chi connectivity index (χ0n) is 19.1. The average molecular weight is 531 g/mol. The standard InChI is InChI=1S/C24H30ClN5O.2ClH.H2O/c25-22-8-4-20(5-9-22)3-1-13-29-15-17-30(18-16-29)14-2-12-27-24(31)28-23-10-6-21(19-26)7-11-23;;;/h4-11H,1-3,12-18H2,(H2,27,28,31);2*1H;1H2. The Bertz CT molecular complexity index is 868. The summed E-state index contributed by atoms with van der Waals surface area (Å²) in [5.41, 5.74) is 2.61. The molecule has 0 bridgehead atoms. The van der Waals surface area contributed by atoms with Crippen LogP contribution in [0.4, 0.5) is 10.5 Å². The van der Waals surface area contributed by atoms with E-state index in [1.54, 1.807) is 24.3 Å². The summed E-state index contributed by atoms with van der Waals surface area (Å²) in [7, 11) is 0. The van der Waals surface area contributed by atoms with Gasteiger partial charge in [0.2, 0.25) is 0 Å². The van der Waals surface area contributed by atoms with Crippen LogP contribution < -0.4 is 10.6 Å². The summed E-state index contributed by atoms with van der Waals surface area (Å²) in [6.45, 7) is 7.14. The quantitative estimate of drug-likeness (QED) is 0.478. The minimum atomic E-state index is -0.213. The molecule has 0 spiro atoms. The summed E-state index contributed by atoms with van der Waals surface area (Å²) >= 11 is 5.94. The van der Waals surface area contributed by atoms with E-state index >= 15 is 0 Å². The van der Waals surface area contributed by atoms with Gasteiger partial charge in [0, 0.05) is 43.4 Å². The summed E-state index contributed by atoms with van der Waals surface area (Å²) in [5.74, 6) is 0. The number of hydrogen-bond acceptors (Lipinski definition) is 4. The molecule has 0 saturated carbocycles. The van der Waals surface area contributed by atoms with Crippen molar-refractivity contribution in [2.24, 2.45) is 0 Å². The van der Waals surface area contributed by atoms with E-state index in [9.17, 15) is 4.79 Å². The van der Waals surface area contributed by atoms with Gasteiger partial charge in [-0.2, -0.15) is 5.26 Å². The van der Waals surface area contributed by atoms with E-state index in [0.29, 0.717) is 17.8 Å². The molecular formula is C24H34Cl3N5O2. The lowest BCUT2D eigenvalue weighted by molar-refractivity contribution is 0.130. The lowest BCUT2D eigenvalue weighted by atomic mass is 10.1. The highest BCUT2D eigenvalue weighted by Crippen LogP contribution is 2.12. The van der Waals surface area contributed by atoms with Gasteiger partial charge in [0.15, 0.2) is 0 Å². The molecule has 1 aliphatic rings. The van der Waals surface area contributed by atoms with Crippen LogP contribution in [0.3, 0.4) is 0 Å². The first-order chi connectivity index (χ1) is 15.1. The third kappa shape index (κ3) is 11.4. The zero-order valence-corrected chi connectivity index (χ0v) is 21.5.